The predicted molar refractivity (Wildman–Crippen MR) is 86.5 cm³/mol. The number of rotatable bonds is 7. The molecular formula is C16H28ClN3O. The van der Waals surface area contributed by atoms with Gasteiger partial charge in [-0.2, -0.15) is 5.10 Å². The maximum absolute atomic E-state index is 9.37. The van der Waals surface area contributed by atoms with E-state index in [-0.39, 0.29) is 12.0 Å². The molecule has 5 heteroatoms. The second-order valence-electron chi connectivity index (χ2n) is 6.33. The predicted octanol–water partition coefficient (Wildman–Crippen LogP) is 3.06. The number of aryl methyl sites for hydroxylation is 2. The van der Waals surface area contributed by atoms with Gasteiger partial charge in [0.1, 0.15) is 5.15 Å². The Hall–Kier alpha value is -0.580. The highest BCUT2D eigenvalue weighted by molar-refractivity contribution is 6.30. The standard InChI is InChI=1S/C16H28ClN3O/c1-3-14-13(15(17)20(2)19-14)11-18-12-16(9-10-21)7-5-4-6-8-16/h18,21H,3-12H2,1-2H3. The van der Waals surface area contributed by atoms with Gasteiger partial charge in [0.2, 0.25) is 0 Å². The fourth-order valence-electron chi connectivity index (χ4n) is 3.57. The van der Waals surface area contributed by atoms with Gasteiger partial charge in [0.05, 0.1) is 5.69 Å². The minimum atomic E-state index is 0.272. The molecule has 0 amide bonds. The van der Waals surface area contributed by atoms with Crippen LogP contribution in [0.4, 0.5) is 0 Å². The molecule has 0 aliphatic heterocycles. The van der Waals surface area contributed by atoms with Crippen LogP contribution in [0.25, 0.3) is 0 Å². The highest BCUT2D eigenvalue weighted by Gasteiger charge is 2.31. The molecule has 0 saturated heterocycles. The quantitative estimate of drug-likeness (QED) is 0.813. The lowest BCUT2D eigenvalue weighted by Crippen LogP contribution is -2.36. The van der Waals surface area contributed by atoms with E-state index in [0.29, 0.717) is 0 Å². The zero-order valence-electron chi connectivity index (χ0n) is 13.3. The van der Waals surface area contributed by atoms with Crippen molar-refractivity contribution in [3.63, 3.8) is 0 Å². The molecule has 1 fully saturated rings. The summed E-state index contributed by atoms with van der Waals surface area (Å²) in [5.41, 5.74) is 2.47. The van der Waals surface area contributed by atoms with Gasteiger partial charge in [-0.25, -0.2) is 0 Å². The van der Waals surface area contributed by atoms with Crippen LogP contribution in [0.1, 0.15) is 56.7 Å². The lowest BCUT2D eigenvalue weighted by Gasteiger charge is -2.37. The molecule has 1 aliphatic carbocycles. The second-order valence-corrected chi connectivity index (χ2v) is 6.69. The van der Waals surface area contributed by atoms with Gasteiger partial charge in [0.25, 0.3) is 0 Å². The first kappa shape index (κ1) is 16.8. The molecule has 1 aromatic rings. The maximum atomic E-state index is 9.37. The number of aliphatic hydroxyl groups is 1. The van der Waals surface area contributed by atoms with Crippen molar-refractivity contribution in [1.82, 2.24) is 15.1 Å². The first-order chi connectivity index (χ1) is 10.1. The van der Waals surface area contributed by atoms with Crippen molar-refractivity contribution in [1.29, 1.82) is 0 Å². The third-order valence-electron chi connectivity index (χ3n) is 4.85. The summed E-state index contributed by atoms with van der Waals surface area (Å²) < 4.78 is 1.75. The Kier molecular flexibility index (Phi) is 6.08. The monoisotopic (exact) mass is 313 g/mol. The minimum Gasteiger partial charge on any atom is -0.396 e. The van der Waals surface area contributed by atoms with Gasteiger partial charge in [-0.15, -0.1) is 0 Å². The van der Waals surface area contributed by atoms with Crippen molar-refractivity contribution in [3.05, 3.63) is 16.4 Å². The number of hydrogen-bond donors (Lipinski definition) is 2. The highest BCUT2D eigenvalue weighted by atomic mass is 35.5. The third kappa shape index (κ3) is 3.99. The maximum Gasteiger partial charge on any atom is 0.131 e. The Balaban J connectivity index is 1.96. The summed E-state index contributed by atoms with van der Waals surface area (Å²) in [5.74, 6) is 0. The minimum absolute atomic E-state index is 0.272. The van der Waals surface area contributed by atoms with E-state index in [1.54, 1.807) is 4.68 Å². The van der Waals surface area contributed by atoms with E-state index in [0.717, 1.165) is 42.3 Å². The molecule has 0 unspecified atom stereocenters. The Morgan fingerprint density at radius 2 is 2.05 bits per heavy atom. The number of aromatic nitrogens is 2. The van der Waals surface area contributed by atoms with E-state index >= 15 is 0 Å². The van der Waals surface area contributed by atoms with Crippen LogP contribution in [0.15, 0.2) is 0 Å². The second kappa shape index (κ2) is 7.61. The summed E-state index contributed by atoms with van der Waals surface area (Å²) in [5, 5.41) is 18.1. The first-order valence-corrected chi connectivity index (χ1v) is 8.51. The topological polar surface area (TPSA) is 50.1 Å². The SMILES string of the molecule is CCc1nn(C)c(Cl)c1CNCC1(CCO)CCCCC1. The normalized spacial score (nSPS) is 18.1. The molecule has 0 radical (unpaired) electrons. The zero-order valence-corrected chi connectivity index (χ0v) is 14.0. The van der Waals surface area contributed by atoms with Crippen LogP contribution in [0.5, 0.6) is 0 Å². The van der Waals surface area contributed by atoms with Crippen LogP contribution < -0.4 is 5.32 Å². The molecule has 1 aromatic heterocycles. The molecule has 0 atom stereocenters. The fraction of sp³-hybridized carbons (Fsp3) is 0.812. The molecular weight excluding hydrogens is 286 g/mol. The molecule has 4 nitrogen and oxygen atoms in total. The summed E-state index contributed by atoms with van der Waals surface area (Å²) in [7, 11) is 1.89. The summed E-state index contributed by atoms with van der Waals surface area (Å²) in [6.07, 6.45) is 8.16. The summed E-state index contributed by atoms with van der Waals surface area (Å²) in [6.45, 7) is 4.12. The van der Waals surface area contributed by atoms with Crippen molar-refractivity contribution >= 4 is 11.6 Å². The Morgan fingerprint density at radius 1 is 1.33 bits per heavy atom. The van der Waals surface area contributed by atoms with Gasteiger partial charge < -0.3 is 10.4 Å². The summed E-state index contributed by atoms with van der Waals surface area (Å²) >= 11 is 6.33. The van der Waals surface area contributed by atoms with Crippen LogP contribution in [0, 0.1) is 5.41 Å². The van der Waals surface area contributed by atoms with Crippen molar-refractivity contribution in [2.75, 3.05) is 13.2 Å². The number of nitrogens with one attached hydrogen (secondary N) is 1. The molecule has 1 heterocycles. The number of halogens is 1. The largest absolute Gasteiger partial charge is 0.396 e. The molecule has 2 rings (SSSR count). The molecule has 1 saturated carbocycles. The lowest BCUT2D eigenvalue weighted by atomic mass is 9.72. The van der Waals surface area contributed by atoms with Crippen molar-refractivity contribution in [2.45, 2.75) is 58.4 Å². The summed E-state index contributed by atoms with van der Waals surface area (Å²) in [6, 6.07) is 0. The Morgan fingerprint density at radius 3 is 2.67 bits per heavy atom. The lowest BCUT2D eigenvalue weighted by molar-refractivity contribution is 0.126. The molecule has 2 N–H and O–H groups in total. The van der Waals surface area contributed by atoms with Gasteiger partial charge in [0, 0.05) is 32.3 Å². The van der Waals surface area contributed by atoms with Gasteiger partial charge in [0.15, 0.2) is 0 Å². The first-order valence-electron chi connectivity index (χ1n) is 8.14. The molecule has 0 bridgehead atoms. The molecule has 21 heavy (non-hydrogen) atoms. The average molecular weight is 314 g/mol. The van der Waals surface area contributed by atoms with Crippen molar-refractivity contribution < 1.29 is 5.11 Å². The Labute approximate surface area is 132 Å². The average Bonchev–Trinajstić information content (AvgIpc) is 2.76. The van der Waals surface area contributed by atoms with Gasteiger partial charge >= 0.3 is 0 Å². The van der Waals surface area contributed by atoms with E-state index in [2.05, 4.69) is 17.3 Å². The number of hydrogen-bond acceptors (Lipinski definition) is 3. The van der Waals surface area contributed by atoms with E-state index < -0.39 is 0 Å². The van der Waals surface area contributed by atoms with Crippen LogP contribution in [0.3, 0.4) is 0 Å². The molecule has 1 aliphatic rings. The van der Waals surface area contributed by atoms with Crippen LogP contribution in [-0.4, -0.2) is 28.0 Å². The number of aliphatic hydroxyl groups excluding tert-OH is 1. The van der Waals surface area contributed by atoms with Crippen LogP contribution in [0.2, 0.25) is 5.15 Å². The summed E-state index contributed by atoms with van der Waals surface area (Å²) in [4.78, 5) is 0. The molecule has 0 spiro atoms. The van der Waals surface area contributed by atoms with E-state index in [4.69, 9.17) is 11.6 Å². The van der Waals surface area contributed by atoms with Gasteiger partial charge in [-0.05, 0) is 31.1 Å². The van der Waals surface area contributed by atoms with Crippen molar-refractivity contribution in [3.8, 4) is 0 Å². The fourth-order valence-corrected chi connectivity index (χ4v) is 3.78. The number of nitrogens with zero attached hydrogens (tertiary/aromatic N) is 2. The van der Waals surface area contributed by atoms with E-state index in [1.807, 2.05) is 7.05 Å². The highest BCUT2D eigenvalue weighted by Crippen LogP contribution is 2.38. The van der Waals surface area contributed by atoms with Crippen molar-refractivity contribution in [2.24, 2.45) is 12.5 Å². The third-order valence-corrected chi connectivity index (χ3v) is 5.32. The van der Waals surface area contributed by atoms with Crippen LogP contribution >= 0.6 is 11.6 Å². The van der Waals surface area contributed by atoms with E-state index in [9.17, 15) is 5.11 Å². The molecule has 0 aromatic carbocycles. The van der Waals surface area contributed by atoms with Crippen LogP contribution in [-0.2, 0) is 20.0 Å². The smallest absolute Gasteiger partial charge is 0.131 e. The van der Waals surface area contributed by atoms with Gasteiger partial charge in [-0.1, -0.05) is 37.8 Å². The van der Waals surface area contributed by atoms with E-state index in [1.165, 1.54) is 32.1 Å². The van der Waals surface area contributed by atoms with Gasteiger partial charge in [-0.3, -0.25) is 4.68 Å². The Bertz CT molecular complexity index is 447. The zero-order chi connectivity index (χ0) is 15.3. The molecule has 120 valence electrons.